The van der Waals surface area contributed by atoms with Crippen LogP contribution in [0.15, 0.2) is 0 Å². The van der Waals surface area contributed by atoms with Crippen molar-refractivity contribution in [3.63, 3.8) is 0 Å². The molecule has 29 heavy (non-hydrogen) atoms. The molecule has 0 aromatic rings. The van der Waals surface area contributed by atoms with Gasteiger partial charge in [-0.1, -0.05) is 163 Å². The van der Waals surface area contributed by atoms with Crippen molar-refractivity contribution in [2.45, 2.75) is 155 Å². The van der Waals surface area contributed by atoms with E-state index in [4.69, 9.17) is 0 Å². The van der Waals surface area contributed by atoms with Crippen LogP contribution in [0.4, 0.5) is 4.11 Å². The molecule has 0 rings (SSSR count). The van der Waals surface area contributed by atoms with Gasteiger partial charge in [0, 0.05) is 0 Å². The molecule has 0 saturated carbocycles. The Bertz CT molecular complexity index is 422. The largest absolute Gasteiger partial charge is 1.00 e. The molecule has 170 valence electrons. The second-order valence-electron chi connectivity index (χ2n) is 15.3. The molecule has 0 aromatic heterocycles. The predicted octanol–water partition coefficient (Wildman–Crippen LogP) is 6.81. The maximum atomic E-state index is 18.2. The molecule has 0 radical (unpaired) electrons. The summed E-state index contributed by atoms with van der Waals surface area (Å²) in [5, 5.41) is 0.0390. The average molecular weight is 453 g/mol. The Labute approximate surface area is 200 Å². The van der Waals surface area contributed by atoms with Crippen LogP contribution in [0.1, 0.15) is 125 Å². The Hall–Kier alpha value is 1.18. The zero-order valence-corrected chi connectivity index (χ0v) is 26.9. The first-order valence-corrected chi connectivity index (χ1v) is 18.6. The second-order valence-corrected chi connectivity index (χ2v) is 36.6. The molecular weight excluding hydrogens is 398 g/mol. The molecule has 0 aliphatic heterocycles. The molecule has 0 spiro atoms. The van der Waals surface area contributed by atoms with Crippen LogP contribution in [0, 0.1) is 0 Å². The number of rotatable bonds is 2. The quantitative estimate of drug-likeness (QED) is 0.319. The summed E-state index contributed by atoms with van der Waals surface area (Å²) in [4.78, 5) is 0. The van der Waals surface area contributed by atoms with E-state index in [1.54, 1.807) is 0 Å². The van der Waals surface area contributed by atoms with E-state index in [9.17, 15) is 0 Å². The van der Waals surface area contributed by atoms with Crippen molar-refractivity contribution in [3.05, 3.63) is 0 Å². The summed E-state index contributed by atoms with van der Waals surface area (Å²) in [5.74, 6) is 0. The van der Waals surface area contributed by atoms with Crippen LogP contribution in [0.25, 0.3) is 0 Å². The van der Waals surface area contributed by atoms with Gasteiger partial charge in [0.15, 0.2) is 0 Å². The van der Waals surface area contributed by atoms with Crippen LogP contribution in [0.5, 0.6) is 0 Å². The maximum Gasteiger partial charge on any atom is 1.00 e. The van der Waals surface area contributed by atoms with Crippen LogP contribution in [0.3, 0.4) is 0 Å². The summed E-state index contributed by atoms with van der Waals surface area (Å²) < 4.78 is 18.2. The zero-order valence-electron chi connectivity index (χ0n) is 23.9. The van der Waals surface area contributed by atoms with E-state index in [1.807, 2.05) is 0 Å². The van der Waals surface area contributed by atoms with Gasteiger partial charge >= 0.3 is 18.9 Å². The van der Waals surface area contributed by atoms with Crippen molar-refractivity contribution in [1.29, 1.82) is 0 Å². The molecule has 0 unspecified atom stereocenters. The third kappa shape index (κ3) is 4.78. The first kappa shape index (κ1) is 32.4. The smallest absolute Gasteiger partial charge is 0.523 e. The van der Waals surface area contributed by atoms with Gasteiger partial charge in [-0.3, -0.25) is 0 Å². The van der Waals surface area contributed by atoms with E-state index >= 15 is 4.11 Å². The standard InChI is InChI=1S/C24H54FSi3.Li/c1-19(2,3)27(20(4,5)6,21(7,8)9)26(25)28(22(10,11)12,23(13,14)15)24(16,17)18;/h1-18H3;/q-1;+1. The molecule has 0 atom stereocenters. The van der Waals surface area contributed by atoms with Crippen molar-refractivity contribution in [2.24, 2.45) is 0 Å². The van der Waals surface area contributed by atoms with Crippen LogP contribution in [-0.2, 0) is 0 Å². The molecule has 0 aliphatic rings. The van der Waals surface area contributed by atoms with Crippen molar-refractivity contribution < 1.29 is 23.0 Å². The minimum atomic E-state index is -2.47. The fourth-order valence-electron chi connectivity index (χ4n) is 9.01. The minimum Gasteiger partial charge on any atom is -0.523 e. The molecule has 0 heterocycles. The summed E-state index contributed by atoms with van der Waals surface area (Å²) >= 11 is 0. The van der Waals surface area contributed by atoms with Crippen LogP contribution >= 0.6 is 0 Å². The summed E-state index contributed by atoms with van der Waals surface area (Å²) in [7, 11) is -7.09. The van der Waals surface area contributed by atoms with Gasteiger partial charge in [0.1, 0.15) is 0 Å². The van der Waals surface area contributed by atoms with Crippen molar-refractivity contribution >= 4 is 23.3 Å². The number of hydrogen-bond acceptors (Lipinski definition) is 0. The van der Waals surface area contributed by atoms with Crippen LogP contribution < -0.4 is 18.9 Å². The topological polar surface area (TPSA) is 0 Å². The normalized spacial score (nSPS) is 16.1. The van der Waals surface area contributed by atoms with Gasteiger partial charge < -0.3 is 4.11 Å². The van der Waals surface area contributed by atoms with Crippen LogP contribution in [0.2, 0.25) is 30.2 Å². The predicted molar refractivity (Wildman–Crippen MR) is 137 cm³/mol. The molecule has 0 N–H and O–H groups in total. The third-order valence-corrected chi connectivity index (χ3v) is 46.4. The van der Waals surface area contributed by atoms with E-state index in [1.165, 1.54) is 0 Å². The fourth-order valence-corrected chi connectivity index (χ4v) is 65.9. The van der Waals surface area contributed by atoms with Gasteiger partial charge in [-0.15, -0.1) is 0 Å². The van der Waals surface area contributed by atoms with Gasteiger partial charge in [-0.05, 0) is 15.2 Å². The molecule has 0 bridgehead atoms. The minimum absolute atomic E-state index is 0. The molecule has 5 heteroatoms. The molecule has 0 fully saturated rings. The van der Waals surface area contributed by atoms with Crippen molar-refractivity contribution in [3.8, 4) is 0 Å². The Balaban J connectivity index is 0. The number of hydrogen-bond donors (Lipinski definition) is 0. The fraction of sp³-hybridized carbons (Fsp3) is 1.00. The zero-order chi connectivity index (χ0) is 23.6. The summed E-state index contributed by atoms with van der Waals surface area (Å²) in [6.07, 6.45) is 0. The maximum absolute atomic E-state index is 18.2. The van der Waals surface area contributed by atoms with Gasteiger partial charge in [0.2, 0.25) is 0 Å². The summed E-state index contributed by atoms with van der Waals surface area (Å²) in [5.41, 5.74) is 0. The first-order valence-electron chi connectivity index (χ1n) is 11.2. The molecular formula is C24H54FLiSi3. The third-order valence-electron chi connectivity index (χ3n) is 7.41. The van der Waals surface area contributed by atoms with Gasteiger partial charge in [0.05, 0.1) is 0 Å². The molecule has 0 saturated heterocycles. The molecule has 0 aromatic carbocycles. The van der Waals surface area contributed by atoms with Crippen molar-refractivity contribution in [1.82, 2.24) is 0 Å². The monoisotopic (exact) mass is 452 g/mol. The van der Waals surface area contributed by atoms with E-state index in [2.05, 4.69) is 125 Å². The number of halogens is 1. The second kappa shape index (κ2) is 8.51. The summed E-state index contributed by atoms with van der Waals surface area (Å²) in [6, 6.07) is 0. The van der Waals surface area contributed by atoms with E-state index in [0.29, 0.717) is 0 Å². The van der Waals surface area contributed by atoms with Gasteiger partial charge in [0.25, 0.3) is 0 Å². The molecule has 0 nitrogen and oxygen atoms in total. The van der Waals surface area contributed by atoms with E-state index < -0.39 is 23.3 Å². The SMILES string of the molecule is CC(C)(C)[Si]([Si-](F)[Si](C(C)(C)C)(C(C)(C)C)C(C)(C)C)(C(C)(C)C)C(C)(C)C.[Li+]. The van der Waals surface area contributed by atoms with E-state index in [0.717, 1.165) is 0 Å². The summed E-state index contributed by atoms with van der Waals surface area (Å²) in [6.45, 7) is 42.6. The average Bonchev–Trinajstić information content (AvgIpc) is 2.14. The Morgan fingerprint density at radius 2 is 0.483 bits per heavy atom. The van der Waals surface area contributed by atoms with Crippen molar-refractivity contribution in [2.75, 3.05) is 0 Å². The first-order chi connectivity index (χ1) is 11.7. The van der Waals surface area contributed by atoms with Gasteiger partial charge in [-0.25, -0.2) is 0 Å². The van der Waals surface area contributed by atoms with Crippen LogP contribution in [-0.4, -0.2) is 23.3 Å². The van der Waals surface area contributed by atoms with E-state index in [-0.39, 0.29) is 49.1 Å². The molecule has 0 aliphatic carbocycles. The van der Waals surface area contributed by atoms with Gasteiger partial charge in [-0.2, -0.15) is 0 Å². The Morgan fingerprint density at radius 1 is 0.379 bits per heavy atom. The Morgan fingerprint density at radius 3 is 0.552 bits per heavy atom. The Kier molecular flexibility index (Phi) is 9.49. The molecule has 0 amide bonds.